The van der Waals surface area contributed by atoms with Crippen LogP contribution in [0.3, 0.4) is 0 Å². The van der Waals surface area contributed by atoms with E-state index in [9.17, 15) is 4.79 Å². The molecule has 0 N–H and O–H groups in total. The minimum absolute atomic E-state index is 0.226. The third-order valence-corrected chi connectivity index (χ3v) is 3.47. The first kappa shape index (κ1) is 15.6. The second-order valence-electron chi connectivity index (χ2n) is 6.69. The molecule has 1 aliphatic heterocycles. The number of carbonyl (C=O) groups excluding carboxylic acids is 1. The summed E-state index contributed by atoms with van der Waals surface area (Å²) < 4.78 is 5.44. The normalized spacial score (nSPS) is 19.6. The van der Waals surface area contributed by atoms with Gasteiger partial charge in [0.25, 0.3) is 0 Å². The van der Waals surface area contributed by atoms with Crippen molar-refractivity contribution < 1.29 is 9.53 Å². The van der Waals surface area contributed by atoms with E-state index in [2.05, 4.69) is 22.9 Å². The third-order valence-electron chi connectivity index (χ3n) is 3.47. The van der Waals surface area contributed by atoms with Gasteiger partial charge in [-0.1, -0.05) is 0 Å². The molecule has 21 heavy (non-hydrogen) atoms. The molecule has 0 aromatic carbocycles. The van der Waals surface area contributed by atoms with Crippen LogP contribution in [0.15, 0.2) is 18.5 Å². The molecule has 1 aromatic rings. The maximum atomic E-state index is 12.1. The molecule has 0 saturated carbocycles. The van der Waals surface area contributed by atoms with Crippen LogP contribution in [0.2, 0.25) is 0 Å². The van der Waals surface area contributed by atoms with E-state index < -0.39 is 5.60 Å². The highest BCUT2D eigenvalue weighted by molar-refractivity contribution is 5.68. The van der Waals surface area contributed by atoms with Crippen molar-refractivity contribution in [3.63, 3.8) is 0 Å². The number of rotatable bonds is 1. The van der Waals surface area contributed by atoms with Gasteiger partial charge in [0, 0.05) is 31.9 Å². The molecule has 0 aliphatic carbocycles. The van der Waals surface area contributed by atoms with E-state index in [1.165, 1.54) is 0 Å². The fraction of sp³-hybridized carbons (Fsp3) is 0.625. The van der Waals surface area contributed by atoms with Crippen molar-refractivity contribution in [1.82, 2.24) is 9.88 Å². The molecule has 0 unspecified atom stereocenters. The number of aryl methyl sites for hydroxylation is 1. The highest BCUT2D eigenvalue weighted by Crippen LogP contribution is 2.21. The van der Waals surface area contributed by atoms with Crippen molar-refractivity contribution in [2.75, 3.05) is 24.5 Å². The molecule has 2 rings (SSSR count). The Bertz CT molecular complexity index is 510. The zero-order chi connectivity index (χ0) is 15.6. The molecule has 1 atom stereocenters. The highest BCUT2D eigenvalue weighted by atomic mass is 16.6. The van der Waals surface area contributed by atoms with Gasteiger partial charge in [0.1, 0.15) is 5.60 Å². The number of amides is 1. The first-order chi connectivity index (χ1) is 9.76. The Balaban J connectivity index is 2.01. The van der Waals surface area contributed by atoms with E-state index in [0.29, 0.717) is 13.1 Å². The molecule has 1 saturated heterocycles. The second kappa shape index (κ2) is 5.92. The topological polar surface area (TPSA) is 45.7 Å². The van der Waals surface area contributed by atoms with Crippen LogP contribution in [-0.4, -0.2) is 47.3 Å². The Hall–Kier alpha value is -1.78. The van der Waals surface area contributed by atoms with Crippen molar-refractivity contribution in [3.8, 4) is 0 Å². The summed E-state index contributed by atoms with van der Waals surface area (Å²) in [5, 5.41) is 0. The van der Waals surface area contributed by atoms with Gasteiger partial charge in [-0.3, -0.25) is 4.98 Å². The van der Waals surface area contributed by atoms with Crippen LogP contribution in [0.25, 0.3) is 0 Å². The monoisotopic (exact) mass is 291 g/mol. The minimum Gasteiger partial charge on any atom is -0.444 e. The van der Waals surface area contributed by atoms with E-state index >= 15 is 0 Å². The van der Waals surface area contributed by atoms with Crippen LogP contribution >= 0.6 is 0 Å². The highest BCUT2D eigenvalue weighted by Gasteiger charge is 2.29. The molecular weight excluding hydrogens is 266 g/mol. The third kappa shape index (κ3) is 4.09. The summed E-state index contributed by atoms with van der Waals surface area (Å²) in [6, 6.07) is 2.38. The average molecular weight is 291 g/mol. The van der Waals surface area contributed by atoms with Gasteiger partial charge < -0.3 is 14.5 Å². The average Bonchev–Trinajstić information content (AvgIpc) is 2.36. The predicted octanol–water partition coefficient (Wildman–Crippen LogP) is 2.84. The van der Waals surface area contributed by atoms with Crippen molar-refractivity contribution in [3.05, 3.63) is 24.0 Å². The van der Waals surface area contributed by atoms with Crippen molar-refractivity contribution >= 4 is 11.8 Å². The number of carbonyl (C=O) groups is 1. The molecule has 5 heteroatoms. The van der Waals surface area contributed by atoms with Crippen molar-refractivity contribution in [2.24, 2.45) is 0 Å². The maximum Gasteiger partial charge on any atom is 0.410 e. The Morgan fingerprint density at radius 1 is 1.33 bits per heavy atom. The Morgan fingerprint density at radius 3 is 2.62 bits per heavy atom. The van der Waals surface area contributed by atoms with E-state index in [4.69, 9.17) is 4.74 Å². The summed E-state index contributed by atoms with van der Waals surface area (Å²) in [4.78, 5) is 20.5. The summed E-state index contributed by atoms with van der Waals surface area (Å²) >= 11 is 0. The first-order valence-electron chi connectivity index (χ1n) is 7.42. The van der Waals surface area contributed by atoms with Gasteiger partial charge in [-0.25, -0.2) is 4.79 Å². The van der Waals surface area contributed by atoms with Gasteiger partial charge in [-0.05, 0) is 46.2 Å². The van der Waals surface area contributed by atoms with E-state index in [1.807, 2.05) is 40.1 Å². The molecule has 0 spiro atoms. The van der Waals surface area contributed by atoms with Crippen LogP contribution < -0.4 is 4.90 Å². The van der Waals surface area contributed by atoms with Crippen molar-refractivity contribution in [1.29, 1.82) is 0 Å². The summed E-state index contributed by atoms with van der Waals surface area (Å²) in [6.45, 7) is 12.0. The smallest absolute Gasteiger partial charge is 0.410 e. The van der Waals surface area contributed by atoms with Gasteiger partial charge >= 0.3 is 6.09 Å². The fourth-order valence-corrected chi connectivity index (χ4v) is 2.53. The molecule has 1 aliphatic rings. The van der Waals surface area contributed by atoms with Crippen LogP contribution in [0, 0.1) is 6.92 Å². The second-order valence-corrected chi connectivity index (χ2v) is 6.69. The minimum atomic E-state index is -0.447. The molecule has 2 heterocycles. The number of nitrogens with zero attached hydrogens (tertiary/aromatic N) is 3. The first-order valence-corrected chi connectivity index (χ1v) is 7.42. The quantitative estimate of drug-likeness (QED) is 0.798. The number of aromatic nitrogens is 1. The maximum absolute atomic E-state index is 12.1. The van der Waals surface area contributed by atoms with Gasteiger partial charge in [0.15, 0.2) is 0 Å². The summed E-state index contributed by atoms with van der Waals surface area (Å²) in [5.74, 6) is 0. The van der Waals surface area contributed by atoms with Crippen molar-refractivity contribution in [2.45, 2.75) is 46.3 Å². The number of hydrogen-bond donors (Lipinski definition) is 0. The lowest BCUT2D eigenvalue weighted by Crippen LogP contribution is -2.54. The Kier molecular flexibility index (Phi) is 4.40. The standard InChI is InChI=1S/C16H25N3O2/c1-12-8-14(10-17-9-12)19-7-6-18(11-13(19)2)15(20)21-16(3,4)5/h8-10,13H,6-7,11H2,1-5H3/t13-/m0/s1. The molecule has 0 radical (unpaired) electrons. The molecule has 1 fully saturated rings. The lowest BCUT2D eigenvalue weighted by molar-refractivity contribution is 0.0219. The number of piperazine rings is 1. The van der Waals surface area contributed by atoms with Gasteiger partial charge in [-0.2, -0.15) is 0 Å². The lowest BCUT2D eigenvalue weighted by atomic mass is 10.1. The molecule has 116 valence electrons. The van der Waals surface area contributed by atoms with Crippen LogP contribution in [0.5, 0.6) is 0 Å². The SMILES string of the molecule is Cc1cncc(N2CCN(C(=O)OC(C)(C)C)C[C@@H]2C)c1. The van der Waals surface area contributed by atoms with Crippen LogP contribution in [0.4, 0.5) is 10.5 Å². The Labute approximate surface area is 126 Å². The number of hydrogen-bond acceptors (Lipinski definition) is 4. The zero-order valence-electron chi connectivity index (χ0n) is 13.6. The van der Waals surface area contributed by atoms with Gasteiger partial charge in [0.2, 0.25) is 0 Å². The summed E-state index contributed by atoms with van der Waals surface area (Å²) in [5.41, 5.74) is 1.82. The summed E-state index contributed by atoms with van der Waals surface area (Å²) in [6.07, 6.45) is 3.51. The van der Waals surface area contributed by atoms with E-state index in [-0.39, 0.29) is 12.1 Å². The largest absolute Gasteiger partial charge is 0.444 e. The van der Waals surface area contributed by atoms with Crippen LogP contribution in [-0.2, 0) is 4.74 Å². The van der Waals surface area contributed by atoms with E-state index in [0.717, 1.165) is 17.8 Å². The predicted molar refractivity (Wildman–Crippen MR) is 83.6 cm³/mol. The summed E-state index contributed by atoms with van der Waals surface area (Å²) in [7, 11) is 0. The number of pyridine rings is 1. The van der Waals surface area contributed by atoms with Gasteiger partial charge in [-0.15, -0.1) is 0 Å². The lowest BCUT2D eigenvalue weighted by Gasteiger charge is -2.41. The van der Waals surface area contributed by atoms with Gasteiger partial charge in [0.05, 0.1) is 11.9 Å². The molecule has 1 amide bonds. The molecule has 0 bridgehead atoms. The molecular formula is C16H25N3O2. The molecule has 1 aromatic heterocycles. The van der Waals surface area contributed by atoms with E-state index in [1.54, 1.807) is 4.90 Å². The molecule has 5 nitrogen and oxygen atoms in total. The number of ether oxygens (including phenoxy) is 1. The fourth-order valence-electron chi connectivity index (χ4n) is 2.53. The number of anilines is 1. The zero-order valence-corrected chi connectivity index (χ0v) is 13.6. The van der Waals surface area contributed by atoms with Crippen LogP contribution in [0.1, 0.15) is 33.3 Å². The Morgan fingerprint density at radius 2 is 2.05 bits per heavy atom.